The van der Waals surface area contributed by atoms with Crippen molar-refractivity contribution in [2.24, 2.45) is 0 Å². The monoisotopic (exact) mass is 681 g/mol. The predicted molar refractivity (Wildman–Crippen MR) is 180 cm³/mol. The topological polar surface area (TPSA) is 168 Å². The van der Waals surface area contributed by atoms with E-state index in [1.54, 1.807) is 51.4 Å². The molecule has 0 aliphatic carbocycles. The minimum atomic E-state index is -4.18. The highest BCUT2D eigenvalue weighted by atomic mass is 32.2. The van der Waals surface area contributed by atoms with Crippen molar-refractivity contribution >= 4 is 27.7 Å². The Morgan fingerprint density at radius 2 is 1.81 bits per heavy atom. The third kappa shape index (κ3) is 9.92. The van der Waals surface area contributed by atoms with Crippen LogP contribution in [0.3, 0.4) is 0 Å². The second-order valence-corrected chi connectivity index (χ2v) is 13.3. The van der Waals surface area contributed by atoms with Crippen LogP contribution in [0.1, 0.15) is 28.7 Å². The molecule has 0 spiro atoms. The summed E-state index contributed by atoms with van der Waals surface area (Å²) in [6.45, 7) is 9.65. The number of nitrogens with zero attached hydrogens (tertiary/aromatic N) is 2. The Bertz CT molecular complexity index is 1680. The van der Waals surface area contributed by atoms with Crippen molar-refractivity contribution in [2.75, 3.05) is 38.7 Å². The highest BCUT2D eigenvalue weighted by Gasteiger charge is 2.35. The molecule has 3 atom stereocenters. The van der Waals surface area contributed by atoms with E-state index in [-0.39, 0.29) is 23.6 Å². The van der Waals surface area contributed by atoms with Crippen molar-refractivity contribution in [3.8, 4) is 5.75 Å². The summed E-state index contributed by atoms with van der Waals surface area (Å²) < 4.78 is 45.7. The molecule has 4 N–H and O–H groups in total. The lowest BCUT2D eigenvalue weighted by Gasteiger charge is -2.28. The zero-order valence-electron chi connectivity index (χ0n) is 27.6. The molecule has 48 heavy (non-hydrogen) atoms. The van der Waals surface area contributed by atoms with Gasteiger partial charge in [0, 0.05) is 31.9 Å². The van der Waals surface area contributed by atoms with E-state index in [1.807, 2.05) is 42.2 Å². The maximum absolute atomic E-state index is 13.1. The number of nitrogens with one attached hydrogen (secondary N) is 3. The van der Waals surface area contributed by atoms with Gasteiger partial charge in [-0.15, -0.1) is 0 Å². The Morgan fingerprint density at radius 1 is 1.10 bits per heavy atom. The van der Waals surface area contributed by atoms with Gasteiger partial charge in [0.05, 0.1) is 24.2 Å². The molecule has 3 aromatic rings. The summed E-state index contributed by atoms with van der Waals surface area (Å²) in [5.74, 6) is -0.267. The molecule has 2 aromatic carbocycles. The molecule has 1 saturated heterocycles. The largest absolute Gasteiger partial charge is 0.497 e. The number of hydrogen-bond donors (Lipinski definition) is 4. The number of aromatic nitrogens is 1. The molecular weight excluding hydrogens is 638 g/mol. The summed E-state index contributed by atoms with van der Waals surface area (Å²) in [6.07, 6.45) is 1.80. The first-order valence-corrected chi connectivity index (χ1v) is 16.9. The molecule has 14 heteroatoms. The SMILES string of the molecule is C=C(OCc1ccccc1)N1C[C@H](OCC(=O)NC[C@H](NS(=O)(=O)c2c(C)cc(C)cc2C)C(=O)O)C[C@H]1CNc1cc(OC)ccn1. The summed E-state index contributed by atoms with van der Waals surface area (Å²) in [7, 11) is -2.60. The number of amides is 1. The lowest BCUT2D eigenvalue weighted by molar-refractivity contribution is -0.139. The molecule has 2 heterocycles. The third-order valence-corrected chi connectivity index (χ3v) is 9.63. The van der Waals surface area contributed by atoms with Crippen LogP contribution in [0.5, 0.6) is 5.75 Å². The fourth-order valence-electron chi connectivity index (χ4n) is 5.65. The van der Waals surface area contributed by atoms with Crippen LogP contribution >= 0.6 is 0 Å². The molecule has 0 radical (unpaired) electrons. The van der Waals surface area contributed by atoms with Gasteiger partial charge in [0.1, 0.15) is 30.8 Å². The summed E-state index contributed by atoms with van der Waals surface area (Å²) in [5.41, 5.74) is 2.86. The third-order valence-electron chi connectivity index (χ3n) is 7.85. The van der Waals surface area contributed by atoms with Crippen molar-refractivity contribution in [3.05, 3.63) is 95.5 Å². The van der Waals surface area contributed by atoms with Gasteiger partial charge in [0.25, 0.3) is 0 Å². The first kappa shape index (κ1) is 36.2. The van der Waals surface area contributed by atoms with Crippen LogP contribution in [0.2, 0.25) is 0 Å². The van der Waals surface area contributed by atoms with Crippen LogP contribution in [0.25, 0.3) is 0 Å². The standard InChI is InChI=1S/C34H43N5O8S/c1-22-13-23(2)33(24(3)14-22)48(43,44)38-30(34(41)42)18-37-32(40)21-47-29-15-27(17-36-31-16-28(45-5)11-12-35-31)39(19-29)25(4)46-20-26-9-7-6-8-10-26/h6-14,16,27,29-30,38H,4,15,17-21H2,1-3,5H3,(H,35,36)(H,37,40)(H,41,42)/t27-,29+,30-/m0/s1. The van der Waals surface area contributed by atoms with E-state index in [0.717, 1.165) is 11.1 Å². The zero-order chi connectivity index (χ0) is 34.8. The second-order valence-electron chi connectivity index (χ2n) is 11.6. The van der Waals surface area contributed by atoms with Crippen molar-refractivity contribution in [1.29, 1.82) is 0 Å². The van der Waals surface area contributed by atoms with Crippen LogP contribution in [-0.4, -0.2) is 86.8 Å². The minimum Gasteiger partial charge on any atom is -0.497 e. The number of carboxylic acid groups (broad SMARTS) is 1. The second kappa shape index (κ2) is 16.4. The Labute approximate surface area is 281 Å². The van der Waals surface area contributed by atoms with Gasteiger partial charge < -0.3 is 34.9 Å². The Balaban J connectivity index is 1.34. The van der Waals surface area contributed by atoms with Gasteiger partial charge in [0.2, 0.25) is 15.9 Å². The number of carbonyl (C=O) groups excluding carboxylic acids is 1. The number of ether oxygens (including phenoxy) is 3. The number of methoxy groups -OCH3 is 1. The highest BCUT2D eigenvalue weighted by Crippen LogP contribution is 2.26. The van der Waals surface area contributed by atoms with Gasteiger partial charge in [-0.2, -0.15) is 4.72 Å². The lowest BCUT2D eigenvalue weighted by atomic mass is 10.1. The number of sulfonamides is 1. The Kier molecular flexibility index (Phi) is 12.4. The Hall–Kier alpha value is -4.66. The number of aliphatic carboxylic acids is 1. The number of carbonyl (C=O) groups is 2. The van der Waals surface area contributed by atoms with Crippen LogP contribution < -0.4 is 20.1 Å². The predicted octanol–water partition coefficient (Wildman–Crippen LogP) is 3.12. The van der Waals surface area contributed by atoms with E-state index >= 15 is 0 Å². The fraction of sp³-hybridized carbons (Fsp3) is 0.382. The fourth-order valence-corrected chi connectivity index (χ4v) is 7.29. The summed E-state index contributed by atoms with van der Waals surface area (Å²) in [5, 5.41) is 15.5. The molecule has 258 valence electrons. The van der Waals surface area contributed by atoms with Gasteiger partial charge in [-0.3, -0.25) is 9.59 Å². The van der Waals surface area contributed by atoms with E-state index < -0.39 is 34.5 Å². The van der Waals surface area contributed by atoms with Gasteiger partial charge in [-0.05, 0) is 56.5 Å². The number of pyridine rings is 1. The number of likely N-dealkylation sites (tertiary alicyclic amines) is 1. The average molecular weight is 682 g/mol. The van der Waals surface area contributed by atoms with Crippen LogP contribution in [0.15, 0.2) is 78.2 Å². The van der Waals surface area contributed by atoms with Crippen molar-refractivity contribution in [3.63, 3.8) is 0 Å². The molecule has 4 rings (SSSR count). The molecule has 13 nitrogen and oxygen atoms in total. The summed E-state index contributed by atoms with van der Waals surface area (Å²) in [4.78, 5) is 31.0. The van der Waals surface area contributed by atoms with Crippen LogP contribution in [0.4, 0.5) is 5.82 Å². The normalized spacial score (nSPS) is 16.6. The zero-order valence-corrected chi connectivity index (χ0v) is 28.4. The van der Waals surface area contributed by atoms with Crippen molar-refractivity contribution in [2.45, 2.75) is 56.9 Å². The van der Waals surface area contributed by atoms with Gasteiger partial charge in [0.15, 0.2) is 5.88 Å². The highest BCUT2D eigenvalue weighted by molar-refractivity contribution is 7.89. The van der Waals surface area contributed by atoms with Gasteiger partial charge in [-0.1, -0.05) is 48.0 Å². The van der Waals surface area contributed by atoms with Crippen molar-refractivity contribution in [1.82, 2.24) is 19.9 Å². The van der Waals surface area contributed by atoms with Gasteiger partial charge >= 0.3 is 5.97 Å². The molecular formula is C34H43N5O8S. The first-order chi connectivity index (χ1) is 22.9. The van der Waals surface area contributed by atoms with Crippen LogP contribution in [-0.2, 0) is 35.7 Å². The van der Waals surface area contributed by atoms with Crippen molar-refractivity contribution < 1.29 is 37.3 Å². The average Bonchev–Trinajstić information content (AvgIpc) is 3.46. The number of anilines is 1. The molecule has 1 fully saturated rings. The smallest absolute Gasteiger partial charge is 0.323 e. The number of carboxylic acids is 1. The molecule has 0 unspecified atom stereocenters. The summed E-state index contributed by atoms with van der Waals surface area (Å²) >= 11 is 0. The Morgan fingerprint density at radius 3 is 2.48 bits per heavy atom. The molecule has 1 amide bonds. The molecule has 0 bridgehead atoms. The van der Waals surface area contributed by atoms with E-state index in [0.29, 0.717) is 54.7 Å². The van der Waals surface area contributed by atoms with E-state index in [2.05, 4.69) is 26.9 Å². The number of benzene rings is 2. The number of rotatable bonds is 17. The maximum Gasteiger partial charge on any atom is 0.323 e. The van der Waals surface area contributed by atoms with E-state index in [1.165, 1.54) is 0 Å². The molecule has 1 aliphatic rings. The summed E-state index contributed by atoms with van der Waals surface area (Å²) in [6, 6.07) is 15.0. The van der Waals surface area contributed by atoms with E-state index in [9.17, 15) is 23.1 Å². The first-order valence-electron chi connectivity index (χ1n) is 15.4. The molecule has 1 aromatic heterocycles. The molecule has 0 saturated carbocycles. The van der Waals surface area contributed by atoms with Gasteiger partial charge in [-0.25, -0.2) is 13.4 Å². The van der Waals surface area contributed by atoms with Crippen LogP contribution in [0, 0.1) is 20.8 Å². The minimum absolute atomic E-state index is 0.0142. The molecule has 1 aliphatic heterocycles. The lowest BCUT2D eigenvalue weighted by Crippen LogP contribution is -2.49. The number of aryl methyl sites for hydroxylation is 3. The van der Waals surface area contributed by atoms with E-state index in [4.69, 9.17) is 14.2 Å². The number of hydrogen-bond acceptors (Lipinski definition) is 10. The maximum atomic E-state index is 13.1. The quantitative estimate of drug-likeness (QED) is 0.155.